The highest BCUT2D eigenvalue weighted by molar-refractivity contribution is 8.26. The van der Waals surface area contributed by atoms with Gasteiger partial charge in [0.2, 0.25) is 0 Å². The lowest BCUT2D eigenvalue weighted by molar-refractivity contribution is -0.124. The first-order chi connectivity index (χ1) is 16.4. The maximum atomic E-state index is 13.5. The lowest BCUT2D eigenvalue weighted by Crippen LogP contribution is -2.45. The highest BCUT2D eigenvalue weighted by Crippen LogP contribution is 2.44. The Labute approximate surface area is 209 Å². The fourth-order valence-corrected chi connectivity index (χ4v) is 5.09. The Balaban J connectivity index is 1.48. The number of nitrogens with one attached hydrogen (secondary N) is 1. The minimum absolute atomic E-state index is 0.135. The van der Waals surface area contributed by atoms with Gasteiger partial charge < -0.3 is 4.90 Å². The van der Waals surface area contributed by atoms with Gasteiger partial charge in [-0.2, -0.15) is 5.01 Å². The van der Waals surface area contributed by atoms with Crippen molar-refractivity contribution >= 4 is 68.9 Å². The number of anilines is 1. The van der Waals surface area contributed by atoms with Crippen LogP contribution in [0, 0.1) is 0 Å². The average molecular weight is 507 g/mol. The van der Waals surface area contributed by atoms with Crippen LogP contribution in [-0.2, 0) is 16.1 Å². The third-order valence-electron chi connectivity index (χ3n) is 5.33. The number of hydrazine groups is 1. The SMILES string of the molecule is O=C(NN1C(=O)C(=C2C(=O)N(Cc3ccc(Cl)cc3)c3ccccc32)SC1=S)c1ccncc1. The number of aromatic nitrogens is 1. The van der Waals surface area contributed by atoms with Gasteiger partial charge in [-0.3, -0.25) is 24.8 Å². The Morgan fingerprint density at radius 2 is 1.71 bits per heavy atom. The molecule has 34 heavy (non-hydrogen) atoms. The zero-order valence-electron chi connectivity index (χ0n) is 17.4. The Morgan fingerprint density at radius 3 is 2.44 bits per heavy atom. The number of carbonyl (C=O) groups is 3. The molecular formula is C24H15ClN4O3S2. The van der Waals surface area contributed by atoms with Gasteiger partial charge in [-0.25, -0.2) is 0 Å². The fraction of sp³-hybridized carbons (Fsp3) is 0.0417. The van der Waals surface area contributed by atoms with E-state index in [1.165, 1.54) is 24.5 Å². The van der Waals surface area contributed by atoms with Crippen LogP contribution in [0.15, 0.2) is 78.0 Å². The van der Waals surface area contributed by atoms with Crippen LogP contribution in [-0.4, -0.2) is 32.0 Å². The van der Waals surface area contributed by atoms with Crippen molar-refractivity contribution in [3.05, 3.63) is 99.7 Å². The summed E-state index contributed by atoms with van der Waals surface area (Å²) in [4.78, 5) is 45.1. The zero-order valence-corrected chi connectivity index (χ0v) is 19.8. The van der Waals surface area contributed by atoms with Crippen molar-refractivity contribution in [2.24, 2.45) is 0 Å². The predicted octanol–water partition coefficient (Wildman–Crippen LogP) is 4.20. The van der Waals surface area contributed by atoms with Gasteiger partial charge in [0, 0.05) is 28.5 Å². The van der Waals surface area contributed by atoms with Crippen molar-refractivity contribution < 1.29 is 14.4 Å². The molecule has 1 aromatic heterocycles. The molecule has 0 spiro atoms. The van der Waals surface area contributed by atoms with Crippen LogP contribution < -0.4 is 10.3 Å². The summed E-state index contributed by atoms with van der Waals surface area (Å²) in [5.74, 6) is -1.37. The lowest BCUT2D eigenvalue weighted by Gasteiger charge is -2.17. The normalized spacial score (nSPS) is 17.4. The minimum Gasteiger partial charge on any atom is -0.303 e. The summed E-state index contributed by atoms with van der Waals surface area (Å²) in [6.07, 6.45) is 2.95. The average Bonchev–Trinajstić information content (AvgIpc) is 3.28. The Hall–Kier alpha value is -3.53. The molecule has 0 unspecified atom stereocenters. The highest BCUT2D eigenvalue weighted by Gasteiger charge is 2.42. The standard InChI is InChI=1S/C24H15ClN4O3S2/c25-16-7-5-14(6-8-16)13-28-18-4-2-1-3-17(18)19(22(28)31)20-23(32)29(24(33)34-20)27-21(30)15-9-11-26-12-10-15/h1-12H,13H2,(H,27,30). The van der Waals surface area contributed by atoms with Gasteiger partial charge in [0.1, 0.15) is 0 Å². The summed E-state index contributed by atoms with van der Waals surface area (Å²) >= 11 is 12.3. The molecule has 7 nitrogen and oxygen atoms in total. The molecule has 10 heteroatoms. The molecule has 0 saturated carbocycles. The number of rotatable bonds is 4. The molecule has 2 aliphatic heterocycles. The number of benzene rings is 2. The Bertz CT molecular complexity index is 1380. The van der Waals surface area contributed by atoms with E-state index in [-0.39, 0.29) is 20.7 Å². The monoisotopic (exact) mass is 506 g/mol. The van der Waals surface area contributed by atoms with Gasteiger partial charge in [-0.1, -0.05) is 53.7 Å². The third-order valence-corrected chi connectivity index (χ3v) is 6.95. The maximum Gasteiger partial charge on any atom is 0.286 e. The van der Waals surface area contributed by atoms with Crippen molar-refractivity contribution in [2.45, 2.75) is 6.54 Å². The quantitative estimate of drug-likeness (QED) is 0.422. The summed E-state index contributed by atoms with van der Waals surface area (Å²) in [6.45, 7) is 0.315. The van der Waals surface area contributed by atoms with Crippen LogP contribution in [0.4, 0.5) is 5.69 Å². The van der Waals surface area contributed by atoms with E-state index in [0.717, 1.165) is 22.3 Å². The molecule has 0 bridgehead atoms. The largest absolute Gasteiger partial charge is 0.303 e. The van der Waals surface area contributed by atoms with Gasteiger partial charge in [0.25, 0.3) is 17.7 Å². The van der Waals surface area contributed by atoms with E-state index < -0.39 is 11.8 Å². The minimum atomic E-state index is -0.552. The van der Waals surface area contributed by atoms with E-state index in [1.807, 2.05) is 30.3 Å². The first-order valence-corrected chi connectivity index (χ1v) is 11.7. The molecule has 5 rings (SSSR count). The van der Waals surface area contributed by atoms with Crippen LogP contribution in [0.1, 0.15) is 21.5 Å². The molecule has 0 radical (unpaired) electrons. The molecule has 1 saturated heterocycles. The number of thiocarbonyl (C=S) groups is 1. The topological polar surface area (TPSA) is 82.6 Å². The summed E-state index contributed by atoms with van der Waals surface area (Å²) in [5, 5.41) is 1.61. The Morgan fingerprint density at radius 1 is 1.00 bits per heavy atom. The van der Waals surface area contributed by atoms with E-state index in [0.29, 0.717) is 28.4 Å². The van der Waals surface area contributed by atoms with Crippen molar-refractivity contribution in [3.8, 4) is 0 Å². The van der Waals surface area contributed by atoms with Crippen LogP contribution in [0.3, 0.4) is 0 Å². The molecular weight excluding hydrogens is 492 g/mol. The van der Waals surface area contributed by atoms with Gasteiger partial charge >= 0.3 is 0 Å². The number of para-hydroxylation sites is 1. The molecule has 0 aliphatic carbocycles. The van der Waals surface area contributed by atoms with E-state index in [4.69, 9.17) is 23.8 Å². The highest BCUT2D eigenvalue weighted by atomic mass is 35.5. The number of amides is 3. The summed E-state index contributed by atoms with van der Waals surface area (Å²) < 4.78 is 0.135. The molecule has 1 fully saturated rings. The lowest BCUT2D eigenvalue weighted by atomic mass is 10.1. The van der Waals surface area contributed by atoms with Gasteiger partial charge in [0.05, 0.1) is 22.7 Å². The van der Waals surface area contributed by atoms with Crippen LogP contribution in [0.2, 0.25) is 5.02 Å². The van der Waals surface area contributed by atoms with Crippen molar-refractivity contribution in [2.75, 3.05) is 4.90 Å². The second-order valence-corrected chi connectivity index (χ2v) is 9.51. The third kappa shape index (κ3) is 3.98. The molecule has 3 amide bonds. The Kier molecular flexibility index (Phi) is 5.91. The zero-order chi connectivity index (χ0) is 23.8. The number of nitrogens with zero attached hydrogens (tertiary/aromatic N) is 3. The molecule has 2 aliphatic rings. The second-order valence-electron chi connectivity index (χ2n) is 7.42. The fourth-order valence-electron chi connectivity index (χ4n) is 3.71. The van der Waals surface area contributed by atoms with E-state index in [9.17, 15) is 14.4 Å². The van der Waals surface area contributed by atoms with Crippen LogP contribution in [0.5, 0.6) is 0 Å². The molecule has 1 N–H and O–H groups in total. The number of halogens is 1. The van der Waals surface area contributed by atoms with Crippen molar-refractivity contribution in [3.63, 3.8) is 0 Å². The summed E-state index contributed by atoms with van der Waals surface area (Å²) in [7, 11) is 0. The predicted molar refractivity (Wildman–Crippen MR) is 135 cm³/mol. The summed E-state index contributed by atoms with van der Waals surface area (Å²) in [6, 6.07) is 17.6. The number of thioether (sulfide) groups is 1. The smallest absolute Gasteiger partial charge is 0.286 e. The van der Waals surface area contributed by atoms with Crippen molar-refractivity contribution in [1.29, 1.82) is 0 Å². The molecule has 0 atom stereocenters. The number of carbonyl (C=O) groups excluding carboxylic acids is 3. The number of fused-ring (bicyclic) bond motifs is 1. The van der Waals surface area contributed by atoms with Gasteiger partial charge in [0.15, 0.2) is 4.32 Å². The maximum absolute atomic E-state index is 13.5. The van der Waals surface area contributed by atoms with Crippen LogP contribution >= 0.6 is 35.6 Å². The first kappa shape index (κ1) is 22.3. The van der Waals surface area contributed by atoms with Gasteiger partial charge in [-0.15, -0.1) is 0 Å². The molecule has 2 aromatic carbocycles. The van der Waals surface area contributed by atoms with E-state index in [1.54, 1.807) is 23.1 Å². The van der Waals surface area contributed by atoms with E-state index >= 15 is 0 Å². The second kappa shape index (κ2) is 9.02. The van der Waals surface area contributed by atoms with Crippen molar-refractivity contribution in [1.82, 2.24) is 15.4 Å². The molecule has 3 heterocycles. The number of hydrogen-bond donors (Lipinski definition) is 1. The van der Waals surface area contributed by atoms with Crippen LogP contribution in [0.25, 0.3) is 5.57 Å². The number of pyridine rings is 1. The number of hydrogen-bond acceptors (Lipinski definition) is 6. The molecule has 3 aromatic rings. The summed E-state index contributed by atoms with van der Waals surface area (Å²) in [5.41, 5.74) is 5.35. The molecule has 168 valence electrons. The van der Waals surface area contributed by atoms with E-state index in [2.05, 4.69) is 10.4 Å². The van der Waals surface area contributed by atoms with Gasteiger partial charge in [-0.05, 0) is 48.1 Å². The first-order valence-electron chi connectivity index (χ1n) is 10.1.